The molecule has 2 rings (SSSR count). The molecule has 4 nitrogen and oxygen atoms in total. The summed E-state index contributed by atoms with van der Waals surface area (Å²) in [5.41, 5.74) is 1.13. The Labute approximate surface area is 101 Å². The van der Waals surface area contributed by atoms with Crippen LogP contribution in [0, 0.1) is 0 Å². The second-order valence-corrected chi connectivity index (χ2v) is 4.14. The molecule has 1 aromatic rings. The fraction of sp³-hybridized carbons (Fsp3) is 0.538. The molecule has 1 N–H and O–H groups in total. The molecule has 1 heterocycles. The molecule has 1 aliphatic heterocycles. The average molecular weight is 238 g/mol. The van der Waals surface area contributed by atoms with Crippen molar-refractivity contribution in [3.05, 3.63) is 35.9 Å². The summed E-state index contributed by atoms with van der Waals surface area (Å²) in [7, 11) is 1.58. The van der Waals surface area contributed by atoms with Crippen LogP contribution < -0.4 is 0 Å². The summed E-state index contributed by atoms with van der Waals surface area (Å²) >= 11 is 0. The van der Waals surface area contributed by atoms with E-state index in [0.717, 1.165) is 5.56 Å². The molecule has 0 unspecified atom stereocenters. The van der Waals surface area contributed by atoms with Crippen LogP contribution in [0.4, 0.5) is 0 Å². The van der Waals surface area contributed by atoms with Crippen LogP contribution in [0.2, 0.25) is 0 Å². The fourth-order valence-electron chi connectivity index (χ4n) is 1.98. The third-order valence-electron chi connectivity index (χ3n) is 2.89. The third kappa shape index (κ3) is 3.26. The van der Waals surface area contributed by atoms with Crippen molar-refractivity contribution in [3.8, 4) is 0 Å². The van der Waals surface area contributed by atoms with Crippen molar-refractivity contribution in [2.45, 2.75) is 24.9 Å². The Hall–Kier alpha value is -0.940. The zero-order valence-corrected chi connectivity index (χ0v) is 9.91. The van der Waals surface area contributed by atoms with Gasteiger partial charge in [-0.3, -0.25) is 0 Å². The molecule has 0 aliphatic carbocycles. The highest BCUT2D eigenvalue weighted by Crippen LogP contribution is 2.17. The van der Waals surface area contributed by atoms with E-state index in [1.54, 1.807) is 7.11 Å². The summed E-state index contributed by atoms with van der Waals surface area (Å²) in [5.74, 6) is 0. The van der Waals surface area contributed by atoms with Gasteiger partial charge in [0.2, 0.25) is 0 Å². The van der Waals surface area contributed by atoms with Crippen LogP contribution in [0.5, 0.6) is 0 Å². The molecule has 1 saturated heterocycles. The van der Waals surface area contributed by atoms with Gasteiger partial charge in [-0.2, -0.15) is 0 Å². The highest BCUT2D eigenvalue weighted by molar-refractivity contribution is 5.13. The maximum Gasteiger partial charge on any atom is 0.114 e. The molecule has 0 saturated carbocycles. The molecule has 1 aromatic carbocycles. The van der Waals surface area contributed by atoms with Crippen molar-refractivity contribution in [2.75, 3.05) is 20.3 Å². The molecule has 0 amide bonds. The van der Waals surface area contributed by atoms with Crippen LogP contribution in [0.3, 0.4) is 0 Å². The van der Waals surface area contributed by atoms with Gasteiger partial charge >= 0.3 is 0 Å². The summed E-state index contributed by atoms with van der Waals surface area (Å²) in [6, 6.07) is 9.95. The third-order valence-corrected chi connectivity index (χ3v) is 2.89. The summed E-state index contributed by atoms with van der Waals surface area (Å²) in [6.45, 7) is 1.30. The molecule has 1 aliphatic rings. The Morgan fingerprint density at radius 2 is 2.12 bits per heavy atom. The monoisotopic (exact) mass is 238 g/mol. The number of rotatable bonds is 5. The first-order valence-electron chi connectivity index (χ1n) is 5.75. The zero-order valence-electron chi connectivity index (χ0n) is 9.91. The molecule has 3 atom stereocenters. The standard InChI is InChI=1S/C13H18O4/c1-15-13-11(14)8-17-12(13)9-16-7-10-5-3-2-4-6-10/h2-6,11-14H,7-9H2,1H3/t11-,12+,13-/m0/s1. The minimum atomic E-state index is -0.551. The highest BCUT2D eigenvalue weighted by Gasteiger charge is 2.36. The average Bonchev–Trinajstić information content (AvgIpc) is 2.71. The lowest BCUT2D eigenvalue weighted by Crippen LogP contribution is -2.34. The summed E-state index contributed by atoms with van der Waals surface area (Å²) in [4.78, 5) is 0. The normalized spacial score (nSPS) is 28.5. The lowest BCUT2D eigenvalue weighted by Gasteiger charge is -2.18. The van der Waals surface area contributed by atoms with Gasteiger partial charge in [0, 0.05) is 7.11 Å². The van der Waals surface area contributed by atoms with Crippen molar-refractivity contribution in [3.63, 3.8) is 0 Å². The molecule has 0 aromatic heterocycles. The highest BCUT2D eigenvalue weighted by atomic mass is 16.6. The molecule has 1 fully saturated rings. The first-order chi connectivity index (χ1) is 8.31. The van der Waals surface area contributed by atoms with Crippen LogP contribution in [0.1, 0.15) is 5.56 Å². The van der Waals surface area contributed by atoms with E-state index in [9.17, 15) is 5.11 Å². The summed E-state index contributed by atoms with van der Waals surface area (Å²) < 4.78 is 16.2. The number of hydrogen-bond acceptors (Lipinski definition) is 4. The number of aliphatic hydroxyl groups excluding tert-OH is 1. The molecule has 0 radical (unpaired) electrons. The smallest absolute Gasteiger partial charge is 0.114 e. The van der Waals surface area contributed by atoms with E-state index in [1.165, 1.54) is 0 Å². The van der Waals surface area contributed by atoms with E-state index in [0.29, 0.717) is 19.8 Å². The van der Waals surface area contributed by atoms with Crippen LogP contribution in [-0.2, 0) is 20.8 Å². The van der Waals surface area contributed by atoms with Gasteiger partial charge in [0.25, 0.3) is 0 Å². The minimum Gasteiger partial charge on any atom is -0.388 e. The van der Waals surface area contributed by atoms with E-state index in [-0.39, 0.29) is 12.2 Å². The summed E-state index contributed by atoms with van der Waals surface area (Å²) in [5, 5.41) is 9.57. The first kappa shape index (κ1) is 12.5. The first-order valence-corrected chi connectivity index (χ1v) is 5.75. The van der Waals surface area contributed by atoms with Crippen molar-refractivity contribution in [1.29, 1.82) is 0 Å². The molecule has 0 bridgehead atoms. The lowest BCUT2D eigenvalue weighted by molar-refractivity contribution is -0.0513. The molecule has 4 heteroatoms. The van der Waals surface area contributed by atoms with Crippen LogP contribution >= 0.6 is 0 Å². The van der Waals surface area contributed by atoms with Gasteiger partial charge in [-0.05, 0) is 5.56 Å². The van der Waals surface area contributed by atoms with Crippen LogP contribution in [0.15, 0.2) is 30.3 Å². The SMILES string of the molecule is CO[C@H]1[C@@H](O)CO[C@@H]1COCc1ccccc1. The zero-order chi connectivity index (χ0) is 12.1. The van der Waals surface area contributed by atoms with Gasteiger partial charge in [0.05, 0.1) is 19.8 Å². The number of hydrogen-bond donors (Lipinski definition) is 1. The van der Waals surface area contributed by atoms with Gasteiger partial charge < -0.3 is 19.3 Å². The van der Waals surface area contributed by atoms with Gasteiger partial charge in [-0.1, -0.05) is 30.3 Å². The van der Waals surface area contributed by atoms with Crippen molar-refractivity contribution in [2.24, 2.45) is 0 Å². The van der Waals surface area contributed by atoms with Gasteiger partial charge in [0.1, 0.15) is 18.3 Å². The number of ether oxygens (including phenoxy) is 3. The predicted molar refractivity (Wildman–Crippen MR) is 62.6 cm³/mol. The minimum absolute atomic E-state index is 0.182. The molecule has 17 heavy (non-hydrogen) atoms. The molecular weight excluding hydrogens is 220 g/mol. The van der Waals surface area contributed by atoms with Crippen LogP contribution in [-0.4, -0.2) is 43.7 Å². The quantitative estimate of drug-likeness (QED) is 0.830. The summed E-state index contributed by atoms with van der Waals surface area (Å²) in [6.07, 6.45) is -1.02. The Balaban J connectivity index is 1.75. The number of aliphatic hydroxyl groups is 1. The fourth-order valence-corrected chi connectivity index (χ4v) is 1.98. The van der Waals surface area contributed by atoms with Gasteiger partial charge in [-0.15, -0.1) is 0 Å². The maximum atomic E-state index is 9.57. The Morgan fingerprint density at radius 3 is 2.82 bits per heavy atom. The van der Waals surface area contributed by atoms with E-state index in [4.69, 9.17) is 14.2 Å². The van der Waals surface area contributed by atoms with E-state index < -0.39 is 6.10 Å². The number of methoxy groups -OCH3 is 1. The predicted octanol–water partition coefficient (Wildman–Crippen LogP) is 0.978. The Bertz CT molecular complexity index is 327. The van der Waals surface area contributed by atoms with E-state index in [2.05, 4.69) is 0 Å². The molecule has 0 spiro atoms. The van der Waals surface area contributed by atoms with Crippen molar-refractivity contribution < 1.29 is 19.3 Å². The second-order valence-electron chi connectivity index (χ2n) is 4.14. The van der Waals surface area contributed by atoms with E-state index in [1.807, 2.05) is 30.3 Å². The maximum absolute atomic E-state index is 9.57. The Morgan fingerprint density at radius 1 is 1.35 bits per heavy atom. The van der Waals surface area contributed by atoms with Gasteiger partial charge in [-0.25, -0.2) is 0 Å². The topological polar surface area (TPSA) is 47.9 Å². The van der Waals surface area contributed by atoms with Crippen molar-refractivity contribution >= 4 is 0 Å². The van der Waals surface area contributed by atoms with E-state index >= 15 is 0 Å². The Kier molecular flexibility index (Phi) is 4.50. The number of benzene rings is 1. The van der Waals surface area contributed by atoms with Crippen LogP contribution in [0.25, 0.3) is 0 Å². The molecular formula is C13H18O4. The van der Waals surface area contributed by atoms with Gasteiger partial charge in [0.15, 0.2) is 0 Å². The molecule has 94 valence electrons. The second kappa shape index (κ2) is 6.12. The largest absolute Gasteiger partial charge is 0.388 e. The lowest BCUT2D eigenvalue weighted by atomic mass is 10.1. The van der Waals surface area contributed by atoms with Crippen molar-refractivity contribution in [1.82, 2.24) is 0 Å².